The Bertz CT molecular complexity index is 270. The molecule has 0 amide bonds. The third-order valence-corrected chi connectivity index (χ3v) is 3.81. The van der Waals surface area contributed by atoms with Crippen molar-refractivity contribution in [3.05, 3.63) is 21.9 Å². The van der Waals surface area contributed by atoms with Crippen LogP contribution in [0.4, 0.5) is 0 Å². The van der Waals surface area contributed by atoms with Crippen LogP contribution in [0, 0.1) is 5.92 Å². The van der Waals surface area contributed by atoms with E-state index in [4.69, 9.17) is 5.73 Å². The summed E-state index contributed by atoms with van der Waals surface area (Å²) in [4.78, 5) is 2.91. The summed E-state index contributed by atoms with van der Waals surface area (Å²) < 4.78 is 0. The van der Waals surface area contributed by atoms with E-state index >= 15 is 0 Å². The highest BCUT2D eigenvalue weighted by atomic mass is 32.1. The highest BCUT2D eigenvalue weighted by Gasteiger charge is 2.00. The van der Waals surface area contributed by atoms with Crippen molar-refractivity contribution in [2.45, 2.75) is 33.2 Å². The summed E-state index contributed by atoms with van der Waals surface area (Å²) in [6, 6.07) is 4.45. The highest BCUT2D eigenvalue weighted by molar-refractivity contribution is 7.11. The zero-order chi connectivity index (χ0) is 11.1. The zero-order valence-corrected chi connectivity index (χ0v) is 10.6. The molecule has 0 aliphatic carbocycles. The van der Waals surface area contributed by atoms with Gasteiger partial charge in [0.2, 0.25) is 0 Å². The van der Waals surface area contributed by atoms with Gasteiger partial charge in [0, 0.05) is 16.3 Å². The summed E-state index contributed by atoms with van der Waals surface area (Å²) >= 11 is 1.91. The van der Waals surface area contributed by atoms with E-state index in [9.17, 15) is 0 Å². The van der Waals surface area contributed by atoms with Gasteiger partial charge in [0.1, 0.15) is 0 Å². The molecule has 2 nitrogen and oxygen atoms in total. The molecule has 1 atom stereocenters. The van der Waals surface area contributed by atoms with Crippen LogP contribution in [0.3, 0.4) is 0 Å². The maximum absolute atomic E-state index is 5.56. The predicted octanol–water partition coefficient (Wildman–Crippen LogP) is 2.39. The predicted molar refractivity (Wildman–Crippen MR) is 68.2 cm³/mol. The van der Waals surface area contributed by atoms with Crippen LogP contribution >= 0.6 is 11.3 Å². The van der Waals surface area contributed by atoms with E-state index in [2.05, 4.69) is 31.3 Å². The molecule has 0 radical (unpaired) electrons. The van der Waals surface area contributed by atoms with E-state index in [0.29, 0.717) is 5.92 Å². The number of thiophene rings is 1. The minimum absolute atomic E-state index is 0.632. The molecular formula is C12H22N2S. The van der Waals surface area contributed by atoms with Crippen LogP contribution in [-0.4, -0.2) is 13.1 Å². The first kappa shape index (κ1) is 12.7. The van der Waals surface area contributed by atoms with E-state index in [1.54, 1.807) is 0 Å². The fraction of sp³-hybridized carbons (Fsp3) is 0.667. The first-order chi connectivity index (χ1) is 7.26. The fourth-order valence-electron chi connectivity index (χ4n) is 1.39. The van der Waals surface area contributed by atoms with Gasteiger partial charge in [-0.25, -0.2) is 0 Å². The molecule has 15 heavy (non-hydrogen) atoms. The molecule has 1 heterocycles. The summed E-state index contributed by atoms with van der Waals surface area (Å²) in [5.41, 5.74) is 5.56. The van der Waals surface area contributed by atoms with E-state index < -0.39 is 0 Å². The molecule has 0 aromatic carbocycles. The van der Waals surface area contributed by atoms with Gasteiger partial charge in [0.15, 0.2) is 0 Å². The molecule has 0 bridgehead atoms. The molecule has 0 aliphatic heterocycles. The van der Waals surface area contributed by atoms with Gasteiger partial charge in [-0.05, 0) is 44.0 Å². The molecule has 1 aromatic heterocycles. The SMILES string of the molecule is CCc1ccc(CNCCC(C)CN)s1. The lowest BCUT2D eigenvalue weighted by Gasteiger charge is -2.08. The fourth-order valence-corrected chi connectivity index (χ4v) is 2.31. The van der Waals surface area contributed by atoms with Crippen LogP contribution < -0.4 is 11.1 Å². The number of nitrogens with two attached hydrogens (primary N) is 1. The Hall–Kier alpha value is -0.380. The molecule has 0 aliphatic rings. The summed E-state index contributed by atoms with van der Waals surface area (Å²) in [6.07, 6.45) is 2.32. The number of aryl methyl sites for hydroxylation is 1. The summed E-state index contributed by atoms with van der Waals surface area (Å²) in [6.45, 7) is 7.26. The van der Waals surface area contributed by atoms with Gasteiger partial charge in [-0.3, -0.25) is 0 Å². The molecule has 0 saturated carbocycles. The van der Waals surface area contributed by atoms with Crippen LogP contribution in [-0.2, 0) is 13.0 Å². The van der Waals surface area contributed by atoms with Gasteiger partial charge in [0.25, 0.3) is 0 Å². The lowest BCUT2D eigenvalue weighted by Crippen LogP contribution is -2.20. The first-order valence-corrected chi connectivity index (χ1v) is 6.56. The van der Waals surface area contributed by atoms with E-state index in [0.717, 1.165) is 26.1 Å². The molecular weight excluding hydrogens is 204 g/mol. The van der Waals surface area contributed by atoms with Gasteiger partial charge in [-0.15, -0.1) is 11.3 Å². The Morgan fingerprint density at radius 2 is 2.13 bits per heavy atom. The third kappa shape index (κ3) is 4.78. The summed E-state index contributed by atoms with van der Waals surface area (Å²) in [5, 5.41) is 3.46. The molecule has 1 unspecified atom stereocenters. The molecule has 1 rings (SSSR count). The Balaban J connectivity index is 2.14. The molecule has 0 spiro atoms. The monoisotopic (exact) mass is 226 g/mol. The second-order valence-electron chi connectivity index (χ2n) is 4.03. The van der Waals surface area contributed by atoms with Gasteiger partial charge in [-0.1, -0.05) is 13.8 Å². The van der Waals surface area contributed by atoms with Gasteiger partial charge >= 0.3 is 0 Å². The summed E-state index contributed by atoms with van der Waals surface area (Å²) in [7, 11) is 0. The Morgan fingerprint density at radius 1 is 1.40 bits per heavy atom. The van der Waals surface area contributed by atoms with Crippen molar-refractivity contribution in [1.29, 1.82) is 0 Å². The van der Waals surface area contributed by atoms with Crippen LogP contribution in [0.2, 0.25) is 0 Å². The normalized spacial score (nSPS) is 13.0. The van der Waals surface area contributed by atoms with E-state index in [1.165, 1.54) is 16.2 Å². The molecule has 3 heteroatoms. The minimum Gasteiger partial charge on any atom is -0.330 e. The third-order valence-electron chi connectivity index (χ3n) is 2.58. The number of nitrogens with one attached hydrogen (secondary N) is 1. The smallest absolute Gasteiger partial charge is 0.0299 e. The first-order valence-electron chi connectivity index (χ1n) is 5.74. The molecule has 1 aromatic rings. The van der Waals surface area contributed by atoms with Crippen molar-refractivity contribution in [2.75, 3.05) is 13.1 Å². The lowest BCUT2D eigenvalue weighted by molar-refractivity contribution is 0.510. The van der Waals surface area contributed by atoms with Gasteiger partial charge < -0.3 is 11.1 Å². The van der Waals surface area contributed by atoms with E-state index in [-0.39, 0.29) is 0 Å². The maximum Gasteiger partial charge on any atom is 0.0299 e. The Kier molecular flexibility index (Phi) is 5.91. The van der Waals surface area contributed by atoms with Crippen LogP contribution in [0.5, 0.6) is 0 Å². The number of hydrogen-bond donors (Lipinski definition) is 2. The quantitative estimate of drug-likeness (QED) is 0.701. The second-order valence-corrected chi connectivity index (χ2v) is 5.28. The molecule has 0 saturated heterocycles. The number of rotatable bonds is 7. The molecule has 3 N–H and O–H groups in total. The average Bonchev–Trinajstić information content (AvgIpc) is 2.72. The van der Waals surface area contributed by atoms with Crippen molar-refractivity contribution in [1.82, 2.24) is 5.32 Å². The Morgan fingerprint density at radius 3 is 2.73 bits per heavy atom. The summed E-state index contributed by atoms with van der Waals surface area (Å²) in [5.74, 6) is 0.632. The van der Waals surface area contributed by atoms with Crippen LogP contribution in [0.25, 0.3) is 0 Å². The van der Waals surface area contributed by atoms with E-state index in [1.807, 2.05) is 11.3 Å². The topological polar surface area (TPSA) is 38.0 Å². The highest BCUT2D eigenvalue weighted by Crippen LogP contribution is 2.16. The molecule has 0 fully saturated rings. The van der Waals surface area contributed by atoms with Gasteiger partial charge in [-0.2, -0.15) is 0 Å². The average molecular weight is 226 g/mol. The Labute approximate surface area is 96.9 Å². The second kappa shape index (κ2) is 6.99. The molecule has 86 valence electrons. The number of hydrogen-bond acceptors (Lipinski definition) is 3. The largest absolute Gasteiger partial charge is 0.330 e. The zero-order valence-electron chi connectivity index (χ0n) is 9.75. The lowest BCUT2D eigenvalue weighted by atomic mass is 10.1. The minimum atomic E-state index is 0.632. The van der Waals surface area contributed by atoms with Crippen molar-refractivity contribution in [2.24, 2.45) is 11.7 Å². The van der Waals surface area contributed by atoms with Crippen molar-refractivity contribution in [3.63, 3.8) is 0 Å². The maximum atomic E-state index is 5.56. The van der Waals surface area contributed by atoms with Crippen LogP contribution in [0.1, 0.15) is 30.0 Å². The standard InChI is InChI=1S/C12H22N2S/c1-3-11-4-5-12(15-11)9-14-7-6-10(2)8-13/h4-5,10,14H,3,6-9,13H2,1-2H3. The van der Waals surface area contributed by atoms with Crippen molar-refractivity contribution >= 4 is 11.3 Å². The van der Waals surface area contributed by atoms with Crippen LogP contribution in [0.15, 0.2) is 12.1 Å². The van der Waals surface area contributed by atoms with Crippen molar-refractivity contribution in [3.8, 4) is 0 Å². The van der Waals surface area contributed by atoms with Gasteiger partial charge in [0.05, 0.1) is 0 Å². The van der Waals surface area contributed by atoms with Crippen molar-refractivity contribution < 1.29 is 0 Å².